The number of rotatable bonds is 5. The van der Waals surface area contributed by atoms with E-state index in [0.717, 1.165) is 28.0 Å². The summed E-state index contributed by atoms with van der Waals surface area (Å²) in [6, 6.07) is 21.5. The van der Waals surface area contributed by atoms with Crippen LogP contribution in [0.2, 0.25) is 0 Å². The third-order valence-electron chi connectivity index (χ3n) is 5.87. The lowest BCUT2D eigenvalue weighted by molar-refractivity contribution is 0.0744. The van der Waals surface area contributed by atoms with Gasteiger partial charge in [0.15, 0.2) is 5.82 Å². The maximum atomic E-state index is 13.5. The van der Waals surface area contributed by atoms with Gasteiger partial charge in [-0.15, -0.1) is 10.2 Å². The summed E-state index contributed by atoms with van der Waals surface area (Å²) >= 11 is 0. The topological polar surface area (TPSA) is 71.5 Å². The molecule has 1 aliphatic rings. The van der Waals surface area contributed by atoms with E-state index >= 15 is 0 Å². The van der Waals surface area contributed by atoms with Gasteiger partial charge < -0.3 is 14.5 Å². The number of pyridine rings is 1. The molecule has 1 aliphatic heterocycles. The van der Waals surface area contributed by atoms with Crippen LogP contribution in [0.5, 0.6) is 5.75 Å². The molecular formula is C26H25N5O2. The van der Waals surface area contributed by atoms with Crippen molar-refractivity contribution in [2.75, 3.05) is 37.7 Å². The summed E-state index contributed by atoms with van der Waals surface area (Å²) in [5.41, 5.74) is 2.18. The van der Waals surface area contributed by atoms with Crippen LogP contribution in [-0.4, -0.2) is 58.8 Å². The highest BCUT2D eigenvalue weighted by molar-refractivity contribution is 6.09. The number of amides is 1. The molecule has 1 saturated heterocycles. The minimum absolute atomic E-state index is 0.00600. The van der Waals surface area contributed by atoms with Crippen molar-refractivity contribution in [2.45, 2.75) is 6.92 Å². The third-order valence-corrected chi connectivity index (χ3v) is 5.87. The normalized spacial score (nSPS) is 13.8. The molecule has 1 amide bonds. The van der Waals surface area contributed by atoms with E-state index in [1.807, 2.05) is 78.6 Å². The molecule has 4 aromatic rings. The fraction of sp³-hybridized carbons (Fsp3) is 0.231. The Hall–Kier alpha value is -4.00. The van der Waals surface area contributed by atoms with Crippen LogP contribution >= 0.6 is 0 Å². The van der Waals surface area contributed by atoms with Gasteiger partial charge in [-0.05, 0) is 48.0 Å². The standard InChI is InChI=1S/C26H25N5O2/c1-2-33-23-12-10-19-7-3-4-8-20(19)25(23)26(32)31-17-15-30(16-18-31)24-13-11-22(28-29-24)21-9-5-6-14-27-21/h3-14H,2,15-18H2,1H3. The summed E-state index contributed by atoms with van der Waals surface area (Å²) in [5.74, 6) is 1.45. The molecule has 0 atom stereocenters. The van der Waals surface area contributed by atoms with Gasteiger partial charge in [0, 0.05) is 32.4 Å². The molecule has 2 aromatic carbocycles. The SMILES string of the molecule is CCOc1ccc2ccccc2c1C(=O)N1CCN(c2ccc(-c3ccccn3)nn2)CC1. The maximum Gasteiger partial charge on any atom is 0.258 e. The second kappa shape index (κ2) is 9.24. The Labute approximate surface area is 192 Å². The van der Waals surface area contributed by atoms with Crippen LogP contribution in [0.1, 0.15) is 17.3 Å². The average molecular weight is 440 g/mol. The van der Waals surface area contributed by atoms with Crippen molar-refractivity contribution in [3.05, 3.63) is 78.5 Å². The van der Waals surface area contributed by atoms with Crippen LogP contribution in [0.15, 0.2) is 72.9 Å². The van der Waals surface area contributed by atoms with Crippen LogP contribution in [0.25, 0.3) is 22.2 Å². The molecule has 166 valence electrons. The van der Waals surface area contributed by atoms with Crippen LogP contribution in [0.3, 0.4) is 0 Å². The lowest BCUT2D eigenvalue weighted by Gasteiger charge is -2.35. The van der Waals surface area contributed by atoms with Crippen molar-refractivity contribution in [2.24, 2.45) is 0 Å². The molecule has 0 spiro atoms. The molecule has 0 bridgehead atoms. The molecular weight excluding hydrogens is 414 g/mol. The molecule has 7 nitrogen and oxygen atoms in total. The number of hydrogen-bond acceptors (Lipinski definition) is 6. The maximum absolute atomic E-state index is 13.5. The number of benzene rings is 2. The molecule has 5 rings (SSSR count). The van der Waals surface area contributed by atoms with Crippen molar-refractivity contribution >= 4 is 22.5 Å². The van der Waals surface area contributed by atoms with Crippen molar-refractivity contribution in [3.8, 4) is 17.1 Å². The first-order chi connectivity index (χ1) is 16.2. The number of fused-ring (bicyclic) bond motifs is 1. The van der Waals surface area contributed by atoms with Gasteiger partial charge in [-0.3, -0.25) is 9.78 Å². The Balaban J connectivity index is 1.32. The molecule has 2 aromatic heterocycles. The fourth-order valence-corrected chi connectivity index (χ4v) is 4.19. The number of nitrogens with zero attached hydrogens (tertiary/aromatic N) is 5. The smallest absolute Gasteiger partial charge is 0.258 e. The quantitative estimate of drug-likeness (QED) is 0.467. The van der Waals surface area contributed by atoms with Crippen molar-refractivity contribution in [1.29, 1.82) is 0 Å². The Morgan fingerprint density at radius 1 is 0.879 bits per heavy atom. The van der Waals surface area contributed by atoms with E-state index in [1.54, 1.807) is 6.20 Å². The van der Waals surface area contributed by atoms with Gasteiger partial charge >= 0.3 is 0 Å². The second-order valence-corrected chi connectivity index (χ2v) is 7.86. The highest BCUT2D eigenvalue weighted by atomic mass is 16.5. The van der Waals surface area contributed by atoms with Crippen molar-refractivity contribution in [3.63, 3.8) is 0 Å². The molecule has 0 N–H and O–H groups in total. The number of hydrogen-bond donors (Lipinski definition) is 0. The molecule has 0 radical (unpaired) electrons. The van der Waals surface area contributed by atoms with Gasteiger partial charge in [-0.1, -0.05) is 36.4 Å². The van der Waals surface area contributed by atoms with E-state index in [2.05, 4.69) is 20.1 Å². The highest BCUT2D eigenvalue weighted by Gasteiger charge is 2.26. The Morgan fingerprint density at radius 3 is 2.42 bits per heavy atom. The van der Waals surface area contributed by atoms with Gasteiger partial charge in [0.2, 0.25) is 0 Å². The Kier molecular flexibility index (Phi) is 5.85. The number of ether oxygens (including phenoxy) is 1. The fourth-order valence-electron chi connectivity index (χ4n) is 4.19. The van der Waals surface area contributed by atoms with Gasteiger partial charge in [0.1, 0.15) is 11.4 Å². The molecule has 0 aliphatic carbocycles. The van der Waals surface area contributed by atoms with Gasteiger partial charge in [-0.25, -0.2) is 0 Å². The highest BCUT2D eigenvalue weighted by Crippen LogP contribution is 2.30. The lowest BCUT2D eigenvalue weighted by atomic mass is 10.0. The summed E-state index contributed by atoms with van der Waals surface area (Å²) in [6.45, 7) is 5.05. The summed E-state index contributed by atoms with van der Waals surface area (Å²) in [6.07, 6.45) is 1.74. The average Bonchev–Trinajstić information content (AvgIpc) is 2.89. The molecule has 0 unspecified atom stereocenters. The van der Waals surface area contributed by atoms with Crippen LogP contribution in [-0.2, 0) is 0 Å². The Morgan fingerprint density at radius 2 is 1.70 bits per heavy atom. The van der Waals surface area contributed by atoms with E-state index in [4.69, 9.17) is 4.74 Å². The summed E-state index contributed by atoms with van der Waals surface area (Å²) in [5, 5.41) is 10.7. The third kappa shape index (κ3) is 4.22. The minimum Gasteiger partial charge on any atom is -0.493 e. The van der Waals surface area contributed by atoms with E-state index < -0.39 is 0 Å². The number of anilines is 1. The first kappa shape index (κ1) is 20.9. The van der Waals surface area contributed by atoms with E-state index in [0.29, 0.717) is 44.1 Å². The van der Waals surface area contributed by atoms with Crippen LogP contribution in [0.4, 0.5) is 5.82 Å². The molecule has 3 heterocycles. The van der Waals surface area contributed by atoms with Crippen molar-refractivity contribution < 1.29 is 9.53 Å². The first-order valence-corrected chi connectivity index (χ1v) is 11.2. The zero-order chi connectivity index (χ0) is 22.6. The predicted octanol–water partition coefficient (Wildman–Crippen LogP) is 4.05. The van der Waals surface area contributed by atoms with Gasteiger partial charge in [0.05, 0.1) is 17.9 Å². The van der Waals surface area contributed by atoms with E-state index in [9.17, 15) is 4.79 Å². The van der Waals surface area contributed by atoms with Crippen LogP contribution in [0, 0.1) is 0 Å². The van der Waals surface area contributed by atoms with E-state index in [-0.39, 0.29) is 5.91 Å². The second-order valence-electron chi connectivity index (χ2n) is 7.86. The zero-order valence-electron chi connectivity index (χ0n) is 18.5. The molecule has 33 heavy (non-hydrogen) atoms. The number of piperazine rings is 1. The van der Waals surface area contributed by atoms with Crippen LogP contribution < -0.4 is 9.64 Å². The summed E-state index contributed by atoms with van der Waals surface area (Å²) in [4.78, 5) is 21.9. The number of aromatic nitrogens is 3. The summed E-state index contributed by atoms with van der Waals surface area (Å²) in [7, 11) is 0. The monoisotopic (exact) mass is 439 g/mol. The number of carbonyl (C=O) groups excluding carboxylic acids is 1. The van der Waals surface area contributed by atoms with Gasteiger partial charge in [0.25, 0.3) is 5.91 Å². The first-order valence-electron chi connectivity index (χ1n) is 11.2. The van der Waals surface area contributed by atoms with Gasteiger partial charge in [-0.2, -0.15) is 0 Å². The molecule has 7 heteroatoms. The predicted molar refractivity (Wildman–Crippen MR) is 128 cm³/mol. The molecule has 1 fully saturated rings. The Bertz CT molecular complexity index is 1250. The largest absolute Gasteiger partial charge is 0.493 e. The van der Waals surface area contributed by atoms with E-state index in [1.165, 1.54) is 0 Å². The zero-order valence-corrected chi connectivity index (χ0v) is 18.5. The molecule has 0 saturated carbocycles. The summed E-state index contributed by atoms with van der Waals surface area (Å²) < 4.78 is 5.81. The minimum atomic E-state index is 0.00600. The number of carbonyl (C=O) groups is 1. The van der Waals surface area contributed by atoms with Crippen molar-refractivity contribution in [1.82, 2.24) is 20.1 Å². The lowest BCUT2D eigenvalue weighted by Crippen LogP contribution is -2.49.